The van der Waals surface area contributed by atoms with Crippen molar-refractivity contribution in [2.24, 2.45) is 0 Å². The maximum absolute atomic E-state index is 13.4. The fourth-order valence-electron chi connectivity index (χ4n) is 2.64. The predicted octanol–water partition coefficient (Wildman–Crippen LogP) is 3.63. The molecule has 4 aromatic rings. The summed E-state index contributed by atoms with van der Waals surface area (Å²) < 4.78 is 52.4. The molecule has 140 valence electrons. The van der Waals surface area contributed by atoms with Gasteiger partial charge < -0.3 is 0 Å². The topological polar surface area (TPSA) is 88.6 Å². The minimum absolute atomic E-state index is 0.334. The van der Waals surface area contributed by atoms with Gasteiger partial charge in [0.05, 0.1) is 28.0 Å². The lowest BCUT2D eigenvalue weighted by Crippen LogP contribution is -2.05. The highest BCUT2D eigenvalue weighted by atomic mass is 32.2. The molecule has 0 aliphatic carbocycles. The summed E-state index contributed by atoms with van der Waals surface area (Å²) in [5.41, 5.74) is 1.70. The molecular formula is C19H12F2N4O2S. The van der Waals surface area contributed by atoms with Crippen LogP contribution in [0, 0.1) is 11.6 Å². The summed E-state index contributed by atoms with van der Waals surface area (Å²) in [6.07, 6.45) is 6.36. The van der Waals surface area contributed by atoms with Crippen molar-refractivity contribution in [1.82, 2.24) is 20.2 Å². The van der Waals surface area contributed by atoms with Gasteiger partial charge in [0.1, 0.15) is 11.6 Å². The van der Waals surface area contributed by atoms with E-state index < -0.39 is 26.4 Å². The summed E-state index contributed by atoms with van der Waals surface area (Å²) in [4.78, 5) is 7.56. The second kappa shape index (κ2) is 6.93. The van der Waals surface area contributed by atoms with Crippen LogP contribution in [0.15, 0.2) is 64.8 Å². The van der Waals surface area contributed by atoms with Crippen LogP contribution in [0.2, 0.25) is 0 Å². The quantitative estimate of drug-likeness (QED) is 0.567. The molecule has 9 heteroatoms. The number of benzene rings is 1. The maximum Gasteiger partial charge on any atom is 0.224 e. The van der Waals surface area contributed by atoms with Crippen molar-refractivity contribution < 1.29 is 17.2 Å². The van der Waals surface area contributed by atoms with Crippen LogP contribution in [-0.4, -0.2) is 28.6 Å². The summed E-state index contributed by atoms with van der Waals surface area (Å²) in [5, 5.41) is 7.07. The first-order chi connectivity index (χ1) is 13.4. The SMILES string of the molecule is O=S(=O)(c1cc(F)cc(F)c1)c1cc2c(C=Cc3ccccn3)n[nH]c2cn1. The second-order valence-corrected chi connectivity index (χ2v) is 7.77. The zero-order valence-corrected chi connectivity index (χ0v) is 15.0. The number of sulfone groups is 1. The van der Waals surface area contributed by atoms with Gasteiger partial charge in [-0.3, -0.25) is 10.1 Å². The number of rotatable bonds is 4. The number of aromatic amines is 1. The van der Waals surface area contributed by atoms with Crippen molar-refractivity contribution in [3.8, 4) is 0 Å². The zero-order chi connectivity index (χ0) is 19.7. The van der Waals surface area contributed by atoms with Crippen LogP contribution < -0.4 is 0 Å². The molecule has 6 nitrogen and oxygen atoms in total. The van der Waals surface area contributed by atoms with E-state index in [-0.39, 0.29) is 5.03 Å². The largest absolute Gasteiger partial charge is 0.276 e. The van der Waals surface area contributed by atoms with Gasteiger partial charge in [0.25, 0.3) is 0 Å². The summed E-state index contributed by atoms with van der Waals surface area (Å²) in [6, 6.07) is 8.85. The number of halogens is 2. The number of H-pyrrole nitrogens is 1. The molecule has 28 heavy (non-hydrogen) atoms. The van der Waals surface area contributed by atoms with Crippen molar-refractivity contribution in [2.45, 2.75) is 9.92 Å². The van der Waals surface area contributed by atoms with E-state index in [1.165, 1.54) is 12.3 Å². The van der Waals surface area contributed by atoms with E-state index in [0.717, 1.165) is 12.1 Å². The molecule has 0 unspecified atom stereocenters. The highest BCUT2D eigenvalue weighted by Crippen LogP contribution is 2.25. The minimum Gasteiger partial charge on any atom is -0.276 e. The van der Waals surface area contributed by atoms with Crippen LogP contribution in [0.1, 0.15) is 11.4 Å². The lowest BCUT2D eigenvalue weighted by molar-refractivity contribution is 0.566. The second-order valence-electron chi connectivity index (χ2n) is 5.87. The van der Waals surface area contributed by atoms with Gasteiger partial charge in [-0.25, -0.2) is 22.2 Å². The molecule has 0 amide bonds. The molecule has 0 radical (unpaired) electrons. The molecule has 1 N–H and O–H groups in total. The van der Waals surface area contributed by atoms with E-state index in [1.807, 2.05) is 6.07 Å². The van der Waals surface area contributed by atoms with E-state index in [0.29, 0.717) is 28.4 Å². The first-order valence-electron chi connectivity index (χ1n) is 8.08. The van der Waals surface area contributed by atoms with Gasteiger partial charge in [-0.1, -0.05) is 6.07 Å². The fraction of sp³-hybridized carbons (Fsp3) is 0. The van der Waals surface area contributed by atoms with Gasteiger partial charge in [0.15, 0.2) is 5.03 Å². The van der Waals surface area contributed by atoms with Gasteiger partial charge in [-0.05, 0) is 42.5 Å². The molecular weight excluding hydrogens is 386 g/mol. The Morgan fingerprint density at radius 2 is 1.75 bits per heavy atom. The lowest BCUT2D eigenvalue weighted by atomic mass is 10.2. The third kappa shape index (κ3) is 3.39. The summed E-state index contributed by atoms with van der Waals surface area (Å²) >= 11 is 0. The monoisotopic (exact) mass is 398 g/mol. The van der Waals surface area contributed by atoms with Gasteiger partial charge in [-0.2, -0.15) is 5.10 Å². The first-order valence-corrected chi connectivity index (χ1v) is 9.56. The molecule has 0 aliphatic rings. The molecule has 0 atom stereocenters. The van der Waals surface area contributed by atoms with E-state index in [9.17, 15) is 17.2 Å². The summed E-state index contributed by atoms with van der Waals surface area (Å²) in [5.74, 6) is -1.97. The van der Waals surface area contributed by atoms with Crippen LogP contribution >= 0.6 is 0 Å². The molecule has 0 spiro atoms. The molecule has 3 aromatic heterocycles. The van der Waals surface area contributed by atoms with Crippen molar-refractivity contribution in [2.75, 3.05) is 0 Å². The summed E-state index contributed by atoms with van der Waals surface area (Å²) in [7, 11) is -4.21. The molecule has 1 aromatic carbocycles. The average molecular weight is 398 g/mol. The predicted molar refractivity (Wildman–Crippen MR) is 98.9 cm³/mol. The molecule has 3 heterocycles. The Morgan fingerprint density at radius 1 is 0.964 bits per heavy atom. The molecule has 4 rings (SSSR count). The van der Waals surface area contributed by atoms with Crippen molar-refractivity contribution in [3.63, 3.8) is 0 Å². The van der Waals surface area contributed by atoms with Crippen molar-refractivity contribution in [1.29, 1.82) is 0 Å². The van der Waals surface area contributed by atoms with Crippen LogP contribution in [0.3, 0.4) is 0 Å². The molecule has 0 saturated carbocycles. The highest BCUT2D eigenvalue weighted by molar-refractivity contribution is 7.91. The Balaban J connectivity index is 1.78. The number of aromatic nitrogens is 4. The molecule has 0 saturated heterocycles. The molecule has 0 fully saturated rings. The minimum atomic E-state index is -4.21. The number of pyridine rings is 2. The van der Waals surface area contributed by atoms with Crippen molar-refractivity contribution in [3.05, 3.63) is 77.9 Å². The van der Waals surface area contributed by atoms with Crippen molar-refractivity contribution >= 4 is 32.9 Å². The van der Waals surface area contributed by atoms with E-state index in [2.05, 4.69) is 20.2 Å². The Hall–Kier alpha value is -3.46. The fourth-order valence-corrected chi connectivity index (χ4v) is 3.88. The number of fused-ring (bicyclic) bond motifs is 1. The number of hydrogen-bond donors (Lipinski definition) is 1. The van der Waals surface area contributed by atoms with Gasteiger partial charge in [-0.15, -0.1) is 0 Å². The zero-order valence-electron chi connectivity index (χ0n) is 14.2. The number of nitrogens with zero attached hydrogens (tertiary/aromatic N) is 3. The molecule has 0 aliphatic heterocycles. The molecule has 0 bridgehead atoms. The Morgan fingerprint density at radius 3 is 2.46 bits per heavy atom. The third-order valence-corrected chi connectivity index (χ3v) is 5.60. The van der Waals surface area contributed by atoms with E-state index >= 15 is 0 Å². The Labute approximate surface area is 158 Å². The highest BCUT2D eigenvalue weighted by Gasteiger charge is 2.22. The van der Waals surface area contributed by atoms with Crippen LogP contribution in [0.5, 0.6) is 0 Å². The first kappa shape index (κ1) is 17.9. The number of hydrogen-bond acceptors (Lipinski definition) is 5. The van der Waals surface area contributed by atoms with Crippen LogP contribution in [-0.2, 0) is 9.84 Å². The Bertz CT molecular complexity index is 1280. The van der Waals surface area contributed by atoms with Gasteiger partial charge in [0.2, 0.25) is 9.84 Å². The van der Waals surface area contributed by atoms with E-state index in [1.54, 1.807) is 30.5 Å². The lowest BCUT2D eigenvalue weighted by Gasteiger charge is -2.04. The van der Waals surface area contributed by atoms with E-state index in [4.69, 9.17) is 0 Å². The summed E-state index contributed by atoms with van der Waals surface area (Å²) in [6.45, 7) is 0. The van der Waals surface area contributed by atoms with Crippen LogP contribution in [0.4, 0.5) is 8.78 Å². The van der Waals surface area contributed by atoms with Gasteiger partial charge in [0, 0.05) is 17.6 Å². The average Bonchev–Trinajstić information content (AvgIpc) is 3.09. The normalized spacial score (nSPS) is 12.1. The maximum atomic E-state index is 13.4. The number of nitrogens with one attached hydrogen (secondary N) is 1. The smallest absolute Gasteiger partial charge is 0.224 e. The standard InChI is InChI=1S/C19H12F2N4O2S/c20-12-7-13(21)9-15(8-12)28(26,27)19-10-16-17(24-25-18(16)11-23-19)5-4-14-3-1-2-6-22-14/h1-11H,(H,24,25). The third-order valence-electron chi connectivity index (χ3n) is 3.97. The van der Waals surface area contributed by atoms with Crippen LogP contribution in [0.25, 0.3) is 23.1 Å². The Kier molecular flexibility index (Phi) is 4.44. The van der Waals surface area contributed by atoms with Gasteiger partial charge >= 0.3 is 0 Å².